The van der Waals surface area contributed by atoms with E-state index in [1.54, 1.807) is 0 Å². The van der Waals surface area contributed by atoms with Crippen LogP contribution in [0.3, 0.4) is 0 Å². The molecule has 1 fully saturated rings. The molecule has 2 atom stereocenters. The Kier molecular flexibility index (Phi) is 5.68. The van der Waals surface area contributed by atoms with Gasteiger partial charge in [-0.05, 0) is 77.3 Å². The number of aliphatic hydroxyl groups is 2. The third kappa shape index (κ3) is 3.77. The first kappa shape index (κ1) is 22.0. The van der Waals surface area contributed by atoms with Gasteiger partial charge in [0.2, 0.25) is 0 Å². The van der Waals surface area contributed by atoms with Crippen molar-refractivity contribution in [1.82, 2.24) is 4.98 Å². The minimum absolute atomic E-state index is 0.0272. The number of hydrogen-bond acceptors (Lipinski definition) is 3. The number of benzene rings is 1. The molecule has 0 radical (unpaired) electrons. The SMILES string of the molecule is CC(C)c1nc2c(c(I)c1[C@H](O)c1ccc(C(F)(F)F)cc1)C(O)CC1(CCC1)C2. The highest BCUT2D eigenvalue weighted by molar-refractivity contribution is 14.1. The quantitative estimate of drug-likeness (QED) is 0.474. The Labute approximate surface area is 187 Å². The van der Waals surface area contributed by atoms with Crippen LogP contribution in [-0.4, -0.2) is 15.2 Å². The van der Waals surface area contributed by atoms with Gasteiger partial charge in [-0.2, -0.15) is 13.2 Å². The van der Waals surface area contributed by atoms with E-state index < -0.39 is 23.9 Å². The maximum absolute atomic E-state index is 12.9. The molecular formula is C23H25F3INO2. The zero-order valence-electron chi connectivity index (χ0n) is 16.9. The van der Waals surface area contributed by atoms with Crippen molar-refractivity contribution >= 4 is 22.6 Å². The van der Waals surface area contributed by atoms with Crippen LogP contribution in [0.15, 0.2) is 24.3 Å². The fourth-order valence-electron chi connectivity index (χ4n) is 4.84. The lowest BCUT2D eigenvalue weighted by Gasteiger charge is -2.47. The number of aliphatic hydroxyl groups excluding tert-OH is 2. The molecule has 1 aromatic carbocycles. The van der Waals surface area contributed by atoms with Crippen LogP contribution in [0, 0.1) is 8.99 Å². The van der Waals surface area contributed by atoms with E-state index in [2.05, 4.69) is 22.6 Å². The number of hydrogen-bond donors (Lipinski definition) is 2. The summed E-state index contributed by atoms with van der Waals surface area (Å²) in [6, 6.07) is 4.60. The zero-order chi connectivity index (χ0) is 21.8. The molecule has 0 bridgehead atoms. The molecule has 2 N–H and O–H groups in total. The van der Waals surface area contributed by atoms with Gasteiger partial charge in [0.15, 0.2) is 0 Å². The Balaban J connectivity index is 1.78. The minimum atomic E-state index is -4.42. The summed E-state index contributed by atoms with van der Waals surface area (Å²) in [6.45, 7) is 3.98. The van der Waals surface area contributed by atoms with Gasteiger partial charge in [-0.25, -0.2) is 0 Å². The topological polar surface area (TPSA) is 53.4 Å². The molecule has 4 rings (SSSR count). The molecule has 1 aromatic heterocycles. The van der Waals surface area contributed by atoms with E-state index in [0.29, 0.717) is 17.5 Å². The summed E-state index contributed by atoms with van der Waals surface area (Å²) in [5.41, 5.74) is 2.79. The fourth-order valence-corrected chi connectivity index (χ4v) is 6.08. The number of rotatable bonds is 3. The fraction of sp³-hybridized carbons (Fsp3) is 0.522. The number of fused-ring (bicyclic) bond motifs is 1. The lowest BCUT2D eigenvalue weighted by molar-refractivity contribution is -0.137. The Morgan fingerprint density at radius 2 is 1.80 bits per heavy atom. The molecule has 2 aliphatic rings. The molecule has 1 spiro atoms. The highest BCUT2D eigenvalue weighted by Crippen LogP contribution is 2.54. The minimum Gasteiger partial charge on any atom is -0.388 e. The first-order chi connectivity index (χ1) is 14.0. The first-order valence-corrected chi connectivity index (χ1v) is 11.4. The summed E-state index contributed by atoms with van der Waals surface area (Å²) in [5, 5.41) is 22.1. The molecule has 1 saturated carbocycles. The van der Waals surface area contributed by atoms with Gasteiger partial charge in [0.25, 0.3) is 0 Å². The van der Waals surface area contributed by atoms with E-state index in [4.69, 9.17) is 4.98 Å². The second-order valence-corrected chi connectivity index (χ2v) is 10.1. The molecule has 0 saturated heterocycles. The van der Waals surface area contributed by atoms with Crippen LogP contribution in [0.25, 0.3) is 0 Å². The van der Waals surface area contributed by atoms with Crippen LogP contribution in [0.1, 0.15) is 91.3 Å². The van der Waals surface area contributed by atoms with Crippen molar-refractivity contribution in [2.24, 2.45) is 5.41 Å². The smallest absolute Gasteiger partial charge is 0.388 e. The number of aromatic nitrogens is 1. The summed E-state index contributed by atoms with van der Waals surface area (Å²) in [5.74, 6) is 0.0272. The van der Waals surface area contributed by atoms with Crippen molar-refractivity contribution in [3.63, 3.8) is 0 Å². The molecule has 0 aliphatic heterocycles. The van der Waals surface area contributed by atoms with E-state index in [0.717, 1.165) is 51.9 Å². The predicted octanol–water partition coefficient (Wildman–Crippen LogP) is 6.06. The van der Waals surface area contributed by atoms with Gasteiger partial charge in [-0.3, -0.25) is 4.98 Å². The van der Waals surface area contributed by atoms with Crippen molar-refractivity contribution in [2.45, 2.75) is 70.3 Å². The van der Waals surface area contributed by atoms with Gasteiger partial charge in [0.1, 0.15) is 6.10 Å². The van der Waals surface area contributed by atoms with Crippen molar-refractivity contribution in [2.75, 3.05) is 0 Å². The maximum Gasteiger partial charge on any atom is 0.416 e. The van der Waals surface area contributed by atoms with Gasteiger partial charge >= 0.3 is 6.18 Å². The van der Waals surface area contributed by atoms with E-state index in [9.17, 15) is 23.4 Å². The summed E-state index contributed by atoms with van der Waals surface area (Å²) >= 11 is 2.16. The number of alkyl halides is 3. The lowest BCUT2D eigenvalue weighted by Crippen LogP contribution is -2.38. The number of halogens is 4. The van der Waals surface area contributed by atoms with Crippen LogP contribution >= 0.6 is 22.6 Å². The third-order valence-corrected chi connectivity index (χ3v) is 7.77. The van der Waals surface area contributed by atoms with Crippen LogP contribution in [0.5, 0.6) is 0 Å². The van der Waals surface area contributed by atoms with Gasteiger partial charge in [-0.15, -0.1) is 0 Å². The Morgan fingerprint density at radius 1 is 1.17 bits per heavy atom. The predicted molar refractivity (Wildman–Crippen MR) is 116 cm³/mol. The average Bonchev–Trinajstić information content (AvgIpc) is 2.64. The van der Waals surface area contributed by atoms with Crippen molar-refractivity contribution in [1.29, 1.82) is 0 Å². The van der Waals surface area contributed by atoms with Crippen LogP contribution < -0.4 is 0 Å². The van der Waals surface area contributed by atoms with E-state index in [1.165, 1.54) is 18.6 Å². The van der Waals surface area contributed by atoms with Crippen LogP contribution in [0.2, 0.25) is 0 Å². The summed E-state index contributed by atoms with van der Waals surface area (Å²) < 4.78 is 39.5. The summed E-state index contributed by atoms with van der Waals surface area (Å²) in [4.78, 5) is 4.90. The molecule has 0 amide bonds. The monoisotopic (exact) mass is 531 g/mol. The molecule has 2 aliphatic carbocycles. The first-order valence-electron chi connectivity index (χ1n) is 10.3. The van der Waals surface area contributed by atoms with Gasteiger partial charge in [0, 0.05) is 20.4 Å². The average molecular weight is 531 g/mol. The largest absolute Gasteiger partial charge is 0.416 e. The normalized spacial score (nSPS) is 21.4. The third-order valence-electron chi connectivity index (χ3n) is 6.61. The van der Waals surface area contributed by atoms with Crippen molar-refractivity contribution < 1.29 is 23.4 Å². The summed E-state index contributed by atoms with van der Waals surface area (Å²) in [6.07, 6.45) is -1.23. The van der Waals surface area contributed by atoms with E-state index in [1.807, 2.05) is 13.8 Å². The van der Waals surface area contributed by atoms with E-state index >= 15 is 0 Å². The molecule has 7 heteroatoms. The highest BCUT2D eigenvalue weighted by Gasteiger charge is 2.45. The Morgan fingerprint density at radius 3 is 2.30 bits per heavy atom. The van der Waals surface area contributed by atoms with Gasteiger partial charge < -0.3 is 10.2 Å². The zero-order valence-corrected chi connectivity index (χ0v) is 19.1. The standard InChI is InChI=1S/C23H25F3INO2/c1-12(2)20-18(21(30)13-4-6-14(7-5-13)23(24,25)26)19(27)17-15(28-20)10-22(8-3-9-22)11-16(17)29/h4-7,12,16,21,29-30H,3,8-11H2,1-2H3/t16?,21-/m1/s1. The molecule has 1 unspecified atom stereocenters. The van der Waals surface area contributed by atoms with Crippen molar-refractivity contribution in [3.05, 3.63) is 61.5 Å². The molecule has 30 heavy (non-hydrogen) atoms. The molecule has 1 heterocycles. The van der Waals surface area contributed by atoms with Gasteiger partial charge in [0.05, 0.1) is 17.4 Å². The lowest BCUT2D eigenvalue weighted by atomic mass is 9.59. The van der Waals surface area contributed by atoms with E-state index in [-0.39, 0.29) is 11.3 Å². The molecule has 3 nitrogen and oxygen atoms in total. The second kappa shape index (κ2) is 7.74. The maximum atomic E-state index is 12.9. The van der Waals surface area contributed by atoms with Crippen LogP contribution in [0.4, 0.5) is 13.2 Å². The van der Waals surface area contributed by atoms with Crippen LogP contribution in [-0.2, 0) is 12.6 Å². The Bertz CT molecular complexity index is 952. The molecular weight excluding hydrogens is 506 g/mol. The Hall–Kier alpha value is -1.19. The summed E-state index contributed by atoms with van der Waals surface area (Å²) in [7, 11) is 0. The molecule has 162 valence electrons. The number of pyridine rings is 1. The van der Waals surface area contributed by atoms with Gasteiger partial charge in [-0.1, -0.05) is 32.4 Å². The number of nitrogens with zero attached hydrogens (tertiary/aromatic N) is 1. The van der Waals surface area contributed by atoms with Crippen molar-refractivity contribution in [3.8, 4) is 0 Å². The second-order valence-electron chi connectivity index (χ2n) is 9.01. The molecule has 2 aromatic rings. The highest BCUT2D eigenvalue weighted by atomic mass is 127.